The summed E-state index contributed by atoms with van der Waals surface area (Å²) in [5.74, 6) is 0. The van der Waals surface area contributed by atoms with Crippen molar-refractivity contribution in [1.29, 1.82) is 0 Å². The molecule has 0 saturated carbocycles. The zero-order valence-corrected chi connectivity index (χ0v) is 31.9. The fraction of sp³-hybridized carbons (Fsp3) is 0. The van der Waals surface area contributed by atoms with Gasteiger partial charge in [-0.1, -0.05) is 91.0 Å². The Labute approximate surface area is 341 Å². The summed E-state index contributed by atoms with van der Waals surface area (Å²) in [5.41, 5.74) is 16.8. The van der Waals surface area contributed by atoms with E-state index in [2.05, 4.69) is 191 Å². The Morgan fingerprint density at radius 3 is 1.40 bits per heavy atom. The van der Waals surface area contributed by atoms with Crippen LogP contribution in [0.25, 0.3) is 101 Å². The Hall–Kier alpha value is -8.50. The zero-order valence-electron chi connectivity index (χ0n) is 31.9. The van der Waals surface area contributed by atoms with E-state index in [1.54, 1.807) is 6.33 Å². The maximum absolute atomic E-state index is 5.83. The van der Waals surface area contributed by atoms with Gasteiger partial charge in [-0.05, 0) is 84.9 Å². The molecule has 13 rings (SSSR count). The fourth-order valence-electron chi connectivity index (χ4n) is 9.26. The Balaban J connectivity index is 1.34. The van der Waals surface area contributed by atoms with Crippen LogP contribution in [-0.4, -0.2) is 47.0 Å². The van der Waals surface area contributed by atoms with E-state index in [0.717, 1.165) is 94.9 Å². The van der Waals surface area contributed by atoms with Gasteiger partial charge >= 0.3 is 0 Å². The van der Waals surface area contributed by atoms with Gasteiger partial charge in [0.05, 0.1) is 55.8 Å². The third-order valence-corrected chi connectivity index (χ3v) is 11.7. The highest BCUT2D eigenvalue weighted by Gasteiger charge is 2.25. The highest BCUT2D eigenvalue weighted by molar-refractivity contribution is 6.07. The molecule has 10 heteroatoms. The zero-order chi connectivity index (χ0) is 39.3. The second-order valence-corrected chi connectivity index (χ2v) is 14.9. The minimum atomic E-state index is 0.716. The number of nitrogens with zero attached hydrogens (tertiary/aromatic N) is 10. The van der Waals surface area contributed by atoms with Crippen molar-refractivity contribution in [2.45, 2.75) is 0 Å². The predicted molar refractivity (Wildman–Crippen MR) is 240 cm³/mol. The number of hydrogen-bond acceptors (Lipinski definition) is 4. The molecule has 6 aromatic carbocycles. The number of aromatic nitrogens is 10. The van der Waals surface area contributed by atoms with Crippen molar-refractivity contribution in [3.8, 4) is 22.7 Å². The molecule has 0 saturated heterocycles. The Morgan fingerprint density at radius 1 is 0.317 bits per heavy atom. The summed E-state index contributed by atoms with van der Waals surface area (Å²) in [7, 11) is 0. The third-order valence-electron chi connectivity index (χ3n) is 11.7. The van der Waals surface area contributed by atoms with E-state index in [9.17, 15) is 0 Å². The lowest BCUT2D eigenvalue weighted by Gasteiger charge is -2.26. The molecule has 0 N–H and O–H groups in total. The molecule has 0 aliphatic heterocycles. The largest absolute Gasteiger partial charge is 0.306 e. The van der Waals surface area contributed by atoms with Gasteiger partial charge in [-0.15, -0.1) is 0 Å². The monoisotopic (exact) mass is 772 g/mol. The van der Waals surface area contributed by atoms with Crippen LogP contribution >= 0.6 is 0 Å². The lowest BCUT2D eigenvalue weighted by molar-refractivity contribution is 1.00. The maximum atomic E-state index is 5.83. The molecule has 10 nitrogen and oxygen atoms in total. The quantitative estimate of drug-likeness (QED) is 0.132. The van der Waals surface area contributed by atoms with E-state index in [1.165, 1.54) is 0 Å². The molecular weight excluding hydrogens is 741 g/mol. The van der Waals surface area contributed by atoms with Crippen LogP contribution in [0.2, 0.25) is 0 Å². The van der Waals surface area contributed by atoms with Gasteiger partial charge < -0.3 is 8.97 Å². The smallest absolute Gasteiger partial charge is 0.168 e. The average Bonchev–Trinajstić information content (AvgIpc) is 3.32. The first-order chi connectivity index (χ1) is 29.8. The number of pyridine rings is 2. The second kappa shape index (κ2) is 12.5. The molecule has 60 heavy (non-hydrogen) atoms. The van der Waals surface area contributed by atoms with Crippen LogP contribution in [0.4, 0.5) is 0 Å². The van der Waals surface area contributed by atoms with Crippen LogP contribution in [-0.2, 0) is 0 Å². The van der Waals surface area contributed by atoms with Gasteiger partial charge in [0.15, 0.2) is 22.6 Å². The van der Waals surface area contributed by atoms with Crippen LogP contribution in [0.3, 0.4) is 0 Å². The Morgan fingerprint density at radius 2 is 0.767 bits per heavy atom. The van der Waals surface area contributed by atoms with Gasteiger partial charge in [-0.3, -0.25) is 23.1 Å². The minimum absolute atomic E-state index is 0.716. The number of benzene rings is 6. The van der Waals surface area contributed by atoms with Gasteiger partial charge in [0, 0.05) is 28.9 Å². The lowest BCUT2D eigenvalue weighted by Crippen LogP contribution is -2.16. The highest BCUT2D eigenvalue weighted by atomic mass is 15.2. The first kappa shape index (κ1) is 32.6. The molecule has 0 fully saturated rings. The Bertz CT molecular complexity index is 3620. The topological polar surface area (TPSA) is 80.1 Å². The highest BCUT2D eigenvalue weighted by Crippen LogP contribution is 2.38. The first-order valence-corrected chi connectivity index (χ1v) is 19.9. The minimum Gasteiger partial charge on any atom is -0.306 e. The fourth-order valence-corrected chi connectivity index (χ4v) is 9.26. The van der Waals surface area contributed by atoms with Gasteiger partial charge in [0.25, 0.3) is 0 Å². The van der Waals surface area contributed by atoms with Crippen molar-refractivity contribution < 1.29 is 0 Å². The van der Waals surface area contributed by atoms with Crippen molar-refractivity contribution >= 4 is 77.8 Å². The number of hydrogen-bond donors (Lipinski definition) is 0. The molecule has 0 atom stereocenters. The molecular formula is C50H32N10. The molecule has 7 heterocycles. The number of rotatable bonds is 4. The van der Waals surface area contributed by atoms with E-state index in [4.69, 9.17) is 19.9 Å². The summed E-state index contributed by atoms with van der Waals surface area (Å²) in [6.07, 6.45) is 5.43. The van der Waals surface area contributed by atoms with Crippen molar-refractivity contribution in [2.24, 2.45) is 0 Å². The van der Waals surface area contributed by atoms with Crippen LogP contribution in [0.1, 0.15) is 0 Å². The Kier molecular flexibility index (Phi) is 6.78. The van der Waals surface area contributed by atoms with E-state index < -0.39 is 0 Å². The van der Waals surface area contributed by atoms with E-state index in [0.29, 0.717) is 5.65 Å². The van der Waals surface area contributed by atoms with Crippen molar-refractivity contribution in [3.05, 3.63) is 195 Å². The van der Waals surface area contributed by atoms with Crippen molar-refractivity contribution in [1.82, 2.24) is 47.0 Å². The normalized spacial score (nSPS) is 12.0. The molecule has 7 aromatic heterocycles. The third kappa shape index (κ3) is 4.46. The molecule has 13 aromatic rings. The first-order valence-electron chi connectivity index (χ1n) is 19.9. The molecule has 282 valence electrons. The predicted octanol–water partition coefficient (Wildman–Crippen LogP) is 11.0. The van der Waals surface area contributed by atoms with Gasteiger partial charge in [-0.2, -0.15) is 0 Å². The van der Waals surface area contributed by atoms with Crippen LogP contribution in [0.5, 0.6) is 0 Å². The van der Waals surface area contributed by atoms with Gasteiger partial charge in [-0.25, -0.2) is 15.0 Å². The number of para-hydroxylation sites is 7. The summed E-state index contributed by atoms with van der Waals surface area (Å²) in [5, 5.41) is 0. The summed E-state index contributed by atoms with van der Waals surface area (Å²) in [6.45, 7) is 0. The van der Waals surface area contributed by atoms with Gasteiger partial charge in [0.2, 0.25) is 0 Å². The van der Waals surface area contributed by atoms with Crippen LogP contribution < -0.4 is 0 Å². The molecule has 0 unspecified atom stereocenters. The summed E-state index contributed by atoms with van der Waals surface area (Å²) < 4.78 is 13.7. The standard InChI is InChI=1S/C50H32N10/c1-5-16-33(17-6-1)55-37-24-13-14-25-38(37)59-42-30-43-48(54-47(42)57(35-20-9-3-10-21-35)41-27-15-26-40(55)45(41)59)58(36-22-11-4-12-23-36)50-46-49(52-32-53-50)56(34-18-7-2-8-19-34)39-28-29-51-31-44(39)60(43)46/h1-32H. The molecule has 0 aliphatic carbocycles. The van der Waals surface area contributed by atoms with Crippen molar-refractivity contribution in [2.75, 3.05) is 0 Å². The van der Waals surface area contributed by atoms with E-state index in [1.807, 2.05) is 24.5 Å². The molecule has 0 aliphatic rings. The number of fused-ring (bicyclic) bond motifs is 8. The average molecular weight is 773 g/mol. The molecule has 0 radical (unpaired) electrons. The summed E-state index contributed by atoms with van der Waals surface area (Å²) in [6, 6.07) is 61.4. The second-order valence-electron chi connectivity index (χ2n) is 14.9. The van der Waals surface area contributed by atoms with E-state index >= 15 is 0 Å². The van der Waals surface area contributed by atoms with E-state index in [-0.39, 0.29) is 0 Å². The molecule has 0 amide bonds. The SMILES string of the molecule is c1ccc(-n2c3ccccc3n3c4cc5c(nc4n(-c4ccccc4)c4cccc2c43)n(-c2ccccc2)c2ncnc3c2n5c2cnccc2n3-c2ccccc2)cc1. The maximum Gasteiger partial charge on any atom is 0.168 e. The van der Waals surface area contributed by atoms with Crippen LogP contribution in [0, 0.1) is 0 Å². The summed E-state index contributed by atoms with van der Waals surface area (Å²) >= 11 is 0. The van der Waals surface area contributed by atoms with Gasteiger partial charge in [0.1, 0.15) is 11.8 Å². The molecule has 0 spiro atoms. The van der Waals surface area contributed by atoms with Crippen molar-refractivity contribution in [3.63, 3.8) is 0 Å². The molecule has 0 bridgehead atoms. The summed E-state index contributed by atoms with van der Waals surface area (Å²) in [4.78, 5) is 20.7. The lowest BCUT2D eigenvalue weighted by atomic mass is 10.1. The van der Waals surface area contributed by atoms with Crippen LogP contribution in [0.15, 0.2) is 195 Å².